The Kier molecular flexibility index (Phi) is 5.56. The second kappa shape index (κ2) is 7.85. The highest BCUT2D eigenvalue weighted by Crippen LogP contribution is 2.47. The van der Waals surface area contributed by atoms with Gasteiger partial charge in [0.15, 0.2) is 0 Å². The van der Waals surface area contributed by atoms with Crippen molar-refractivity contribution in [3.63, 3.8) is 0 Å². The molecule has 3 N–H and O–H groups in total. The topological polar surface area (TPSA) is 70.2 Å². The van der Waals surface area contributed by atoms with Crippen molar-refractivity contribution in [2.45, 2.75) is 43.9 Å². The van der Waals surface area contributed by atoms with Crippen LogP contribution < -0.4 is 16.0 Å². The average Bonchev–Trinajstić information content (AvgIpc) is 3.32. The van der Waals surface area contributed by atoms with Gasteiger partial charge in [-0.05, 0) is 49.8 Å². The van der Waals surface area contributed by atoms with Gasteiger partial charge in [-0.1, -0.05) is 18.6 Å². The molecule has 1 aromatic rings. The summed E-state index contributed by atoms with van der Waals surface area (Å²) in [5.74, 6) is 0.104. The monoisotopic (exact) mass is 347 g/mol. The van der Waals surface area contributed by atoms with Crippen LogP contribution in [0.1, 0.15) is 44.1 Å². The Balaban J connectivity index is 1.30. The molecule has 2 aliphatic carbocycles. The molecule has 2 saturated carbocycles. The fraction of sp³-hybridized carbons (Fsp3) is 0.579. The number of carbonyl (C=O) groups excluding carboxylic acids is 2. The molecule has 3 rings (SSSR count). The van der Waals surface area contributed by atoms with Crippen LogP contribution in [0.2, 0.25) is 0 Å². The summed E-state index contributed by atoms with van der Waals surface area (Å²) in [6.07, 6.45) is 5.78. The van der Waals surface area contributed by atoms with E-state index in [4.69, 9.17) is 0 Å². The number of carbonyl (C=O) groups is 2. The highest BCUT2D eigenvalue weighted by Gasteiger charge is 2.44. The van der Waals surface area contributed by atoms with Gasteiger partial charge < -0.3 is 16.0 Å². The number of amides is 3. The van der Waals surface area contributed by atoms with Gasteiger partial charge in [0.05, 0.1) is 0 Å². The molecule has 0 unspecified atom stereocenters. The molecule has 2 fully saturated rings. The predicted octanol–water partition coefficient (Wildman–Crippen LogP) is 2.46. The molecule has 136 valence electrons. The van der Waals surface area contributed by atoms with Crippen LogP contribution in [0.4, 0.5) is 9.18 Å². The number of hydrogen-bond donors (Lipinski definition) is 3. The molecule has 0 heterocycles. The van der Waals surface area contributed by atoms with Crippen LogP contribution in [0.25, 0.3) is 0 Å². The summed E-state index contributed by atoms with van der Waals surface area (Å²) in [6, 6.07) is 6.40. The quantitative estimate of drug-likeness (QED) is 0.632. The highest BCUT2D eigenvalue weighted by atomic mass is 19.1. The minimum Gasteiger partial charge on any atom is -0.356 e. The minimum absolute atomic E-state index is 0.115. The van der Waals surface area contributed by atoms with E-state index in [1.54, 1.807) is 12.1 Å². The van der Waals surface area contributed by atoms with E-state index < -0.39 is 0 Å². The first-order valence-corrected chi connectivity index (χ1v) is 9.15. The Morgan fingerprint density at radius 2 is 1.88 bits per heavy atom. The third-order valence-corrected chi connectivity index (χ3v) is 5.29. The molecule has 0 atom stereocenters. The van der Waals surface area contributed by atoms with Crippen LogP contribution in [0, 0.1) is 11.7 Å². The maximum atomic E-state index is 13.4. The summed E-state index contributed by atoms with van der Waals surface area (Å²) in [7, 11) is 0. The van der Waals surface area contributed by atoms with E-state index >= 15 is 0 Å². The van der Waals surface area contributed by atoms with Gasteiger partial charge in [-0.2, -0.15) is 0 Å². The van der Waals surface area contributed by atoms with Gasteiger partial charge in [0.25, 0.3) is 0 Å². The van der Waals surface area contributed by atoms with Gasteiger partial charge in [-0.25, -0.2) is 9.18 Å². The lowest BCUT2D eigenvalue weighted by Crippen LogP contribution is -2.41. The van der Waals surface area contributed by atoms with Gasteiger partial charge in [-0.3, -0.25) is 4.79 Å². The van der Waals surface area contributed by atoms with Crippen LogP contribution in [0.5, 0.6) is 0 Å². The molecule has 2 aliphatic rings. The van der Waals surface area contributed by atoms with Crippen LogP contribution in [0.3, 0.4) is 0 Å². The number of halogens is 1. The molecule has 0 spiro atoms. The number of hydrogen-bond acceptors (Lipinski definition) is 2. The molecule has 0 aromatic heterocycles. The first-order valence-electron chi connectivity index (χ1n) is 9.15. The van der Waals surface area contributed by atoms with Crippen LogP contribution >= 0.6 is 0 Å². The standard InChI is InChI=1S/C19H26FN3O2/c20-16-7-2-6-15(12-16)19(8-9-19)13-23-18(25)22-11-3-10-21-17(24)14-4-1-5-14/h2,6-7,12,14H,1,3-5,8-11,13H2,(H,21,24)(H2,22,23,25). The van der Waals surface area contributed by atoms with E-state index in [9.17, 15) is 14.0 Å². The molecule has 0 saturated heterocycles. The SMILES string of the molecule is O=C(NCCCNC(=O)C1CCC1)NCC1(c2cccc(F)c2)CC1. The van der Waals surface area contributed by atoms with E-state index in [1.807, 2.05) is 6.07 Å². The van der Waals surface area contributed by atoms with Crippen LogP contribution in [-0.2, 0) is 10.2 Å². The molecule has 0 aliphatic heterocycles. The molecule has 6 heteroatoms. The molecule has 1 aromatic carbocycles. The smallest absolute Gasteiger partial charge is 0.314 e. The lowest BCUT2D eigenvalue weighted by atomic mass is 9.85. The summed E-state index contributed by atoms with van der Waals surface area (Å²) < 4.78 is 13.4. The molecular weight excluding hydrogens is 321 g/mol. The second-order valence-electron chi connectivity index (χ2n) is 7.17. The fourth-order valence-corrected chi connectivity index (χ4v) is 3.17. The summed E-state index contributed by atoms with van der Waals surface area (Å²) in [6.45, 7) is 1.62. The first-order chi connectivity index (χ1) is 12.1. The Labute approximate surface area is 147 Å². The van der Waals surface area contributed by atoms with E-state index in [-0.39, 0.29) is 29.1 Å². The Morgan fingerprint density at radius 1 is 1.12 bits per heavy atom. The summed E-state index contributed by atoms with van der Waals surface area (Å²) >= 11 is 0. The van der Waals surface area contributed by atoms with E-state index in [0.717, 1.165) is 37.7 Å². The Morgan fingerprint density at radius 3 is 2.52 bits per heavy atom. The lowest BCUT2D eigenvalue weighted by Gasteiger charge is -2.24. The zero-order valence-electron chi connectivity index (χ0n) is 14.4. The molecule has 3 amide bonds. The first kappa shape index (κ1) is 17.7. The summed E-state index contributed by atoms with van der Waals surface area (Å²) in [5.41, 5.74) is 0.836. The van der Waals surface area contributed by atoms with Gasteiger partial charge in [-0.15, -0.1) is 0 Å². The second-order valence-corrected chi connectivity index (χ2v) is 7.17. The van der Waals surface area contributed by atoms with Gasteiger partial charge in [0.1, 0.15) is 5.82 Å². The van der Waals surface area contributed by atoms with E-state index in [0.29, 0.717) is 26.1 Å². The van der Waals surface area contributed by atoms with Crippen molar-refractivity contribution in [1.29, 1.82) is 0 Å². The van der Waals surface area contributed by atoms with Crippen LogP contribution in [-0.4, -0.2) is 31.6 Å². The third-order valence-electron chi connectivity index (χ3n) is 5.29. The largest absolute Gasteiger partial charge is 0.356 e. The number of nitrogens with one attached hydrogen (secondary N) is 3. The molecule has 25 heavy (non-hydrogen) atoms. The van der Waals surface area contributed by atoms with Crippen LogP contribution in [0.15, 0.2) is 24.3 Å². The molecule has 5 nitrogen and oxygen atoms in total. The summed E-state index contributed by atoms with van der Waals surface area (Å²) in [5, 5.41) is 8.59. The van der Waals surface area contributed by atoms with Gasteiger partial charge >= 0.3 is 6.03 Å². The van der Waals surface area contributed by atoms with Gasteiger partial charge in [0, 0.05) is 31.0 Å². The maximum Gasteiger partial charge on any atom is 0.314 e. The highest BCUT2D eigenvalue weighted by molar-refractivity contribution is 5.79. The number of rotatable bonds is 8. The Bertz CT molecular complexity index is 627. The predicted molar refractivity (Wildman–Crippen MR) is 93.7 cm³/mol. The van der Waals surface area contributed by atoms with Gasteiger partial charge in [0.2, 0.25) is 5.91 Å². The van der Waals surface area contributed by atoms with E-state index in [1.165, 1.54) is 6.07 Å². The summed E-state index contributed by atoms with van der Waals surface area (Å²) in [4.78, 5) is 23.6. The van der Waals surface area contributed by atoms with Crippen molar-refractivity contribution < 1.29 is 14.0 Å². The van der Waals surface area contributed by atoms with Crippen molar-refractivity contribution in [2.75, 3.05) is 19.6 Å². The Hall–Kier alpha value is -2.11. The maximum absolute atomic E-state index is 13.4. The number of benzene rings is 1. The average molecular weight is 347 g/mol. The van der Waals surface area contributed by atoms with Crippen molar-refractivity contribution in [3.8, 4) is 0 Å². The molecule has 0 radical (unpaired) electrons. The normalized spacial score (nSPS) is 18.1. The third kappa shape index (κ3) is 4.71. The minimum atomic E-state index is -0.239. The number of urea groups is 1. The van der Waals surface area contributed by atoms with Crippen molar-refractivity contribution >= 4 is 11.9 Å². The zero-order valence-corrected chi connectivity index (χ0v) is 14.4. The molecular formula is C19H26FN3O2. The molecule has 0 bridgehead atoms. The van der Waals surface area contributed by atoms with Crippen molar-refractivity contribution in [3.05, 3.63) is 35.6 Å². The van der Waals surface area contributed by atoms with Crippen molar-refractivity contribution in [1.82, 2.24) is 16.0 Å². The van der Waals surface area contributed by atoms with Crippen molar-refractivity contribution in [2.24, 2.45) is 5.92 Å². The lowest BCUT2D eigenvalue weighted by molar-refractivity contribution is -0.127. The fourth-order valence-electron chi connectivity index (χ4n) is 3.17. The zero-order chi connectivity index (χ0) is 17.7. The van der Waals surface area contributed by atoms with E-state index in [2.05, 4.69) is 16.0 Å².